The Morgan fingerprint density at radius 2 is 1.84 bits per heavy atom. The van der Waals surface area contributed by atoms with Gasteiger partial charge in [-0.15, -0.1) is 0 Å². The van der Waals surface area contributed by atoms with Gasteiger partial charge in [0.1, 0.15) is 11.6 Å². The lowest BCUT2D eigenvalue weighted by Crippen LogP contribution is -2.46. The maximum atomic E-state index is 14.1. The number of carboxylic acid groups (broad SMARTS) is 1. The summed E-state index contributed by atoms with van der Waals surface area (Å²) in [4.78, 5) is 32.7. The van der Waals surface area contributed by atoms with Crippen molar-refractivity contribution in [2.24, 2.45) is 0 Å². The molecule has 10 heteroatoms. The summed E-state index contributed by atoms with van der Waals surface area (Å²) in [5, 5.41) is 21.9. The Morgan fingerprint density at radius 1 is 1.28 bits per heavy atom. The second-order valence-corrected chi connectivity index (χ2v) is 6.31. The number of nitrogens with one attached hydrogen (secondary N) is 1. The molecule has 0 spiro atoms. The van der Waals surface area contributed by atoms with Crippen LogP contribution in [0.5, 0.6) is 0 Å². The minimum atomic E-state index is -1.70. The van der Waals surface area contributed by atoms with Crippen LogP contribution in [0.3, 0.4) is 0 Å². The average Bonchev–Trinajstić information content (AvgIpc) is 2.44. The Balaban J connectivity index is 3.14. The third kappa shape index (κ3) is 5.10. The molecule has 0 saturated carbocycles. The summed E-state index contributed by atoms with van der Waals surface area (Å²) in [7, 11) is 0. The van der Waals surface area contributed by atoms with Crippen LogP contribution in [0.1, 0.15) is 39.2 Å². The fourth-order valence-electron chi connectivity index (χ4n) is 2.06. The van der Waals surface area contributed by atoms with Gasteiger partial charge in [0.25, 0.3) is 0 Å². The van der Waals surface area contributed by atoms with Crippen LogP contribution in [0.25, 0.3) is 0 Å². The van der Waals surface area contributed by atoms with Crippen LogP contribution in [0.4, 0.5) is 19.3 Å². The number of alkyl carbamates (subject to hydrolysis) is 1. The van der Waals surface area contributed by atoms with Gasteiger partial charge in [0.05, 0.1) is 4.92 Å². The second kappa shape index (κ2) is 7.41. The predicted octanol–water partition coefficient (Wildman–Crippen LogP) is 2.95. The Kier molecular flexibility index (Phi) is 6.01. The fraction of sp³-hybridized carbons (Fsp3) is 0.467. The second-order valence-electron chi connectivity index (χ2n) is 6.31. The maximum absolute atomic E-state index is 14.1. The summed E-state index contributed by atoms with van der Waals surface area (Å²) in [6.45, 7) is 5.94. The molecular formula is C15H18F2N2O6. The van der Waals surface area contributed by atoms with Crippen molar-refractivity contribution in [3.05, 3.63) is 39.4 Å². The van der Waals surface area contributed by atoms with E-state index in [1.807, 2.05) is 0 Å². The topological polar surface area (TPSA) is 119 Å². The predicted molar refractivity (Wildman–Crippen MR) is 82.2 cm³/mol. The molecule has 8 nitrogen and oxygen atoms in total. The molecule has 0 unspecified atom stereocenters. The zero-order chi connectivity index (χ0) is 19.5. The van der Waals surface area contributed by atoms with Crippen molar-refractivity contribution in [1.82, 2.24) is 5.32 Å². The highest BCUT2D eigenvalue weighted by molar-refractivity contribution is 5.81. The van der Waals surface area contributed by atoms with Crippen LogP contribution in [-0.4, -0.2) is 33.7 Å². The number of carboxylic acids is 1. The number of nitrogens with zero attached hydrogens (tertiary/aromatic N) is 1. The summed E-state index contributed by atoms with van der Waals surface area (Å²) in [5.74, 6) is -5.97. The highest BCUT2D eigenvalue weighted by Crippen LogP contribution is 2.29. The third-order valence-corrected chi connectivity index (χ3v) is 3.22. The molecule has 138 valence electrons. The van der Waals surface area contributed by atoms with Gasteiger partial charge in [-0.1, -0.05) is 6.92 Å². The van der Waals surface area contributed by atoms with Crippen LogP contribution in [-0.2, 0) is 9.53 Å². The largest absolute Gasteiger partial charge is 0.480 e. The number of hydrogen-bond donors (Lipinski definition) is 2. The lowest BCUT2D eigenvalue weighted by Gasteiger charge is -2.25. The number of ether oxygens (including phenoxy) is 1. The van der Waals surface area contributed by atoms with Crippen LogP contribution >= 0.6 is 0 Å². The molecule has 1 aromatic rings. The van der Waals surface area contributed by atoms with Crippen LogP contribution < -0.4 is 5.32 Å². The zero-order valence-corrected chi connectivity index (χ0v) is 14.0. The zero-order valence-electron chi connectivity index (χ0n) is 14.0. The molecule has 0 aliphatic rings. The molecule has 2 atom stereocenters. The van der Waals surface area contributed by atoms with Crippen molar-refractivity contribution in [3.8, 4) is 0 Å². The van der Waals surface area contributed by atoms with Gasteiger partial charge >= 0.3 is 17.7 Å². The first-order chi connectivity index (χ1) is 11.3. The quantitative estimate of drug-likeness (QED) is 0.615. The highest BCUT2D eigenvalue weighted by atomic mass is 19.2. The fourth-order valence-corrected chi connectivity index (χ4v) is 2.06. The van der Waals surface area contributed by atoms with E-state index < -0.39 is 57.4 Å². The minimum Gasteiger partial charge on any atom is -0.480 e. The molecule has 0 bridgehead atoms. The van der Waals surface area contributed by atoms with Crippen molar-refractivity contribution in [1.29, 1.82) is 0 Å². The number of carbonyl (C=O) groups excluding carboxylic acids is 1. The van der Waals surface area contributed by atoms with Gasteiger partial charge in [0.2, 0.25) is 5.82 Å². The molecule has 0 heterocycles. The van der Waals surface area contributed by atoms with E-state index in [-0.39, 0.29) is 0 Å². The van der Waals surface area contributed by atoms with E-state index in [9.17, 15) is 33.6 Å². The van der Waals surface area contributed by atoms with Crippen LogP contribution in [0.15, 0.2) is 12.1 Å². The third-order valence-electron chi connectivity index (χ3n) is 3.22. The first kappa shape index (κ1) is 20.3. The monoisotopic (exact) mass is 360 g/mol. The first-order valence-corrected chi connectivity index (χ1v) is 7.19. The normalized spacial score (nSPS) is 13.7. The van der Waals surface area contributed by atoms with Gasteiger partial charge in [-0.2, -0.15) is 4.39 Å². The molecule has 0 fully saturated rings. The molecular weight excluding hydrogens is 342 g/mol. The van der Waals surface area contributed by atoms with E-state index in [0.717, 1.165) is 12.1 Å². The molecule has 1 aromatic carbocycles. The Hall–Kier alpha value is -2.78. The molecule has 0 saturated heterocycles. The standard InChI is InChI=1S/C15H18F2N2O6/c1-7(8-5-6-9(19(23)24)11(17)10(8)16)12(13(20)21)18-14(22)25-15(2,3)4/h5-7,12H,1-4H3,(H,18,22)(H,20,21)/t7-,12+/m0/s1. The van der Waals surface area contributed by atoms with E-state index in [1.165, 1.54) is 6.92 Å². The summed E-state index contributed by atoms with van der Waals surface area (Å²) >= 11 is 0. The molecule has 25 heavy (non-hydrogen) atoms. The molecule has 2 N–H and O–H groups in total. The summed E-state index contributed by atoms with van der Waals surface area (Å²) in [6, 6.07) is 0.00934. The van der Waals surface area contributed by atoms with E-state index in [1.54, 1.807) is 20.8 Å². The van der Waals surface area contributed by atoms with Crippen molar-refractivity contribution >= 4 is 17.7 Å². The number of rotatable bonds is 5. The number of halogens is 2. The van der Waals surface area contributed by atoms with Crippen molar-refractivity contribution in [2.45, 2.75) is 45.3 Å². The lowest BCUT2D eigenvalue weighted by molar-refractivity contribution is -0.387. The maximum Gasteiger partial charge on any atom is 0.408 e. The van der Waals surface area contributed by atoms with Gasteiger partial charge in [0, 0.05) is 12.0 Å². The molecule has 1 rings (SSSR count). The molecule has 0 aliphatic heterocycles. The van der Waals surface area contributed by atoms with Crippen LogP contribution in [0.2, 0.25) is 0 Å². The number of aliphatic carboxylic acids is 1. The molecule has 0 radical (unpaired) electrons. The Bertz CT molecular complexity index is 702. The van der Waals surface area contributed by atoms with Crippen molar-refractivity contribution in [2.75, 3.05) is 0 Å². The van der Waals surface area contributed by atoms with Gasteiger partial charge in [-0.3, -0.25) is 10.1 Å². The Morgan fingerprint density at radius 3 is 2.28 bits per heavy atom. The van der Waals surface area contributed by atoms with E-state index >= 15 is 0 Å². The molecule has 1 amide bonds. The lowest BCUT2D eigenvalue weighted by atomic mass is 9.92. The van der Waals surface area contributed by atoms with Crippen LogP contribution in [0, 0.1) is 21.7 Å². The smallest absolute Gasteiger partial charge is 0.408 e. The van der Waals surface area contributed by atoms with Gasteiger partial charge in [-0.25, -0.2) is 14.0 Å². The highest BCUT2D eigenvalue weighted by Gasteiger charge is 2.33. The van der Waals surface area contributed by atoms with Gasteiger partial charge in [-0.05, 0) is 32.4 Å². The number of hydrogen-bond acceptors (Lipinski definition) is 5. The van der Waals surface area contributed by atoms with Gasteiger partial charge in [0.15, 0.2) is 5.82 Å². The summed E-state index contributed by atoms with van der Waals surface area (Å²) < 4.78 is 32.8. The molecule has 0 aromatic heterocycles. The van der Waals surface area contributed by atoms with Crippen molar-refractivity contribution in [3.63, 3.8) is 0 Å². The molecule has 0 aliphatic carbocycles. The van der Waals surface area contributed by atoms with Gasteiger partial charge < -0.3 is 15.2 Å². The average molecular weight is 360 g/mol. The SMILES string of the molecule is C[C@@H](c1ccc([N+](=O)[O-])c(F)c1F)[C@@H](NC(=O)OC(C)(C)C)C(=O)O. The number of nitro groups is 1. The number of carbonyl (C=O) groups is 2. The Labute approximate surface area is 141 Å². The number of amides is 1. The first-order valence-electron chi connectivity index (χ1n) is 7.19. The van der Waals surface area contributed by atoms with E-state index in [2.05, 4.69) is 5.32 Å². The van der Waals surface area contributed by atoms with E-state index in [4.69, 9.17) is 4.74 Å². The van der Waals surface area contributed by atoms with E-state index in [0.29, 0.717) is 0 Å². The number of benzene rings is 1. The van der Waals surface area contributed by atoms with Crippen molar-refractivity contribution < 1.29 is 33.1 Å². The summed E-state index contributed by atoms with van der Waals surface area (Å²) in [5.41, 5.74) is -2.38. The number of nitro benzene ring substituents is 1. The summed E-state index contributed by atoms with van der Waals surface area (Å²) in [6.07, 6.45) is -1.05. The minimum absolute atomic E-state index is 0.424.